The minimum absolute atomic E-state index is 0.117. The second kappa shape index (κ2) is 5.60. The van der Waals surface area contributed by atoms with Gasteiger partial charge in [-0.2, -0.15) is 0 Å². The van der Waals surface area contributed by atoms with Crippen LogP contribution in [0.15, 0.2) is 0 Å². The SMILES string of the molecule is CCOCC(=O)N1CCCC(Br)C1. The van der Waals surface area contributed by atoms with E-state index in [1.54, 1.807) is 0 Å². The number of rotatable bonds is 3. The van der Waals surface area contributed by atoms with Gasteiger partial charge in [-0.05, 0) is 19.8 Å². The Balaban J connectivity index is 2.28. The molecule has 0 radical (unpaired) electrons. The second-order valence-corrected chi connectivity index (χ2v) is 4.51. The highest BCUT2D eigenvalue weighted by Gasteiger charge is 2.21. The number of amides is 1. The lowest BCUT2D eigenvalue weighted by atomic mass is 10.1. The maximum absolute atomic E-state index is 11.5. The van der Waals surface area contributed by atoms with Crippen LogP contribution in [-0.4, -0.2) is 41.9 Å². The lowest BCUT2D eigenvalue weighted by Gasteiger charge is -2.29. The van der Waals surface area contributed by atoms with Crippen LogP contribution in [0.1, 0.15) is 19.8 Å². The molecule has 0 saturated carbocycles. The Morgan fingerprint density at radius 3 is 3.08 bits per heavy atom. The van der Waals surface area contributed by atoms with Crippen molar-refractivity contribution in [2.24, 2.45) is 0 Å². The number of alkyl halides is 1. The topological polar surface area (TPSA) is 29.5 Å². The van der Waals surface area contributed by atoms with Crippen molar-refractivity contribution in [1.82, 2.24) is 4.90 Å². The number of halogens is 1. The Morgan fingerprint density at radius 2 is 2.46 bits per heavy atom. The van der Waals surface area contributed by atoms with Gasteiger partial charge in [0, 0.05) is 24.5 Å². The molecule has 3 nitrogen and oxygen atoms in total. The van der Waals surface area contributed by atoms with Crippen LogP contribution in [0.25, 0.3) is 0 Å². The number of carbonyl (C=O) groups is 1. The van der Waals surface area contributed by atoms with E-state index in [9.17, 15) is 4.79 Å². The molecule has 0 aromatic heterocycles. The van der Waals surface area contributed by atoms with Gasteiger partial charge in [-0.25, -0.2) is 0 Å². The van der Waals surface area contributed by atoms with E-state index in [2.05, 4.69) is 15.9 Å². The largest absolute Gasteiger partial charge is 0.372 e. The van der Waals surface area contributed by atoms with Gasteiger partial charge in [0.25, 0.3) is 0 Å². The van der Waals surface area contributed by atoms with Crippen LogP contribution in [-0.2, 0) is 9.53 Å². The molecular weight excluding hydrogens is 234 g/mol. The third-order valence-electron chi connectivity index (χ3n) is 2.15. The molecule has 1 aliphatic rings. The highest BCUT2D eigenvalue weighted by Crippen LogP contribution is 2.16. The highest BCUT2D eigenvalue weighted by molar-refractivity contribution is 9.09. The van der Waals surface area contributed by atoms with Gasteiger partial charge in [0.05, 0.1) is 0 Å². The number of likely N-dealkylation sites (tertiary alicyclic amines) is 1. The Kier molecular flexibility index (Phi) is 4.73. The van der Waals surface area contributed by atoms with Gasteiger partial charge in [0.15, 0.2) is 0 Å². The molecule has 1 heterocycles. The quantitative estimate of drug-likeness (QED) is 0.709. The first kappa shape index (κ1) is 11.0. The van der Waals surface area contributed by atoms with Crippen LogP contribution < -0.4 is 0 Å². The molecule has 13 heavy (non-hydrogen) atoms. The van der Waals surface area contributed by atoms with Crippen LogP contribution >= 0.6 is 15.9 Å². The van der Waals surface area contributed by atoms with Crippen molar-refractivity contribution in [2.75, 3.05) is 26.3 Å². The maximum atomic E-state index is 11.5. The predicted octanol–water partition coefficient (Wildman–Crippen LogP) is 1.41. The molecule has 1 rings (SSSR count). The molecule has 1 fully saturated rings. The number of carbonyl (C=O) groups excluding carboxylic acids is 1. The molecule has 0 aliphatic carbocycles. The summed E-state index contributed by atoms with van der Waals surface area (Å²) in [6.07, 6.45) is 2.26. The zero-order valence-corrected chi connectivity index (χ0v) is 9.55. The van der Waals surface area contributed by atoms with Crippen molar-refractivity contribution in [3.05, 3.63) is 0 Å². The minimum atomic E-state index is 0.117. The molecule has 4 heteroatoms. The van der Waals surface area contributed by atoms with Crippen molar-refractivity contribution >= 4 is 21.8 Å². The summed E-state index contributed by atoms with van der Waals surface area (Å²) in [5.41, 5.74) is 0. The van der Waals surface area contributed by atoms with E-state index in [-0.39, 0.29) is 12.5 Å². The van der Waals surface area contributed by atoms with E-state index < -0.39 is 0 Å². The Hall–Kier alpha value is -0.0900. The summed E-state index contributed by atoms with van der Waals surface area (Å²) >= 11 is 3.53. The lowest BCUT2D eigenvalue weighted by Crippen LogP contribution is -2.42. The third-order valence-corrected chi connectivity index (χ3v) is 2.89. The summed E-state index contributed by atoms with van der Waals surface area (Å²) in [6.45, 7) is 4.45. The maximum Gasteiger partial charge on any atom is 0.248 e. The minimum Gasteiger partial charge on any atom is -0.372 e. The molecule has 0 spiro atoms. The zero-order valence-electron chi connectivity index (χ0n) is 7.96. The average Bonchev–Trinajstić information content (AvgIpc) is 2.14. The van der Waals surface area contributed by atoms with Crippen molar-refractivity contribution in [2.45, 2.75) is 24.6 Å². The second-order valence-electron chi connectivity index (χ2n) is 3.22. The predicted molar refractivity (Wildman–Crippen MR) is 55.0 cm³/mol. The first-order valence-electron chi connectivity index (χ1n) is 4.73. The fourth-order valence-corrected chi connectivity index (χ4v) is 2.11. The summed E-state index contributed by atoms with van der Waals surface area (Å²) in [7, 11) is 0. The van der Waals surface area contributed by atoms with Gasteiger partial charge in [-0.15, -0.1) is 0 Å². The summed E-state index contributed by atoms with van der Waals surface area (Å²) < 4.78 is 5.08. The first-order chi connectivity index (χ1) is 6.24. The molecule has 0 aromatic carbocycles. The van der Waals surface area contributed by atoms with E-state index in [0.29, 0.717) is 11.4 Å². The molecule has 1 atom stereocenters. The third kappa shape index (κ3) is 3.65. The molecule has 1 aliphatic heterocycles. The van der Waals surface area contributed by atoms with E-state index in [0.717, 1.165) is 19.5 Å². The van der Waals surface area contributed by atoms with Crippen molar-refractivity contribution < 1.29 is 9.53 Å². The van der Waals surface area contributed by atoms with Gasteiger partial charge < -0.3 is 9.64 Å². The van der Waals surface area contributed by atoms with Crippen molar-refractivity contribution in [3.63, 3.8) is 0 Å². The van der Waals surface area contributed by atoms with Gasteiger partial charge in [-0.1, -0.05) is 15.9 Å². The van der Waals surface area contributed by atoms with Gasteiger partial charge in [-0.3, -0.25) is 4.79 Å². The molecule has 1 saturated heterocycles. The van der Waals surface area contributed by atoms with E-state index >= 15 is 0 Å². The van der Waals surface area contributed by atoms with E-state index in [1.807, 2.05) is 11.8 Å². The van der Waals surface area contributed by atoms with Crippen molar-refractivity contribution in [3.8, 4) is 0 Å². The molecule has 0 bridgehead atoms. The van der Waals surface area contributed by atoms with Crippen LogP contribution in [0.4, 0.5) is 0 Å². The van der Waals surface area contributed by atoms with E-state index in [4.69, 9.17) is 4.74 Å². The number of piperidine rings is 1. The molecule has 76 valence electrons. The van der Waals surface area contributed by atoms with Gasteiger partial charge >= 0.3 is 0 Å². The standard InChI is InChI=1S/C9H16BrNO2/c1-2-13-7-9(12)11-5-3-4-8(10)6-11/h8H,2-7H2,1H3. The molecular formula is C9H16BrNO2. The monoisotopic (exact) mass is 249 g/mol. The Morgan fingerprint density at radius 1 is 1.69 bits per heavy atom. The normalized spacial score (nSPS) is 23.2. The van der Waals surface area contributed by atoms with Crippen molar-refractivity contribution in [1.29, 1.82) is 0 Å². The highest BCUT2D eigenvalue weighted by atomic mass is 79.9. The summed E-state index contributed by atoms with van der Waals surface area (Å²) in [5, 5.41) is 0. The zero-order chi connectivity index (χ0) is 9.68. The lowest BCUT2D eigenvalue weighted by molar-refractivity contribution is -0.136. The van der Waals surface area contributed by atoms with Gasteiger partial charge in [0.2, 0.25) is 5.91 Å². The molecule has 0 aromatic rings. The van der Waals surface area contributed by atoms with E-state index in [1.165, 1.54) is 6.42 Å². The average molecular weight is 250 g/mol. The van der Waals surface area contributed by atoms with Crippen LogP contribution in [0, 0.1) is 0 Å². The first-order valence-corrected chi connectivity index (χ1v) is 5.65. The van der Waals surface area contributed by atoms with Crippen LogP contribution in [0.2, 0.25) is 0 Å². The number of hydrogen-bond acceptors (Lipinski definition) is 2. The van der Waals surface area contributed by atoms with Crippen LogP contribution in [0.3, 0.4) is 0 Å². The Labute approximate surface area is 87.6 Å². The number of ether oxygens (including phenoxy) is 1. The number of hydrogen-bond donors (Lipinski definition) is 0. The number of nitrogens with zero attached hydrogens (tertiary/aromatic N) is 1. The fourth-order valence-electron chi connectivity index (χ4n) is 1.43. The molecule has 0 N–H and O–H groups in total. The Bertz CT molecular complexity index is 175. The summed E-state index contributed by atoms with van der Waals surface area (Å²) in [6, 6.07) is 0. The molecule has 1 amide bonds. The summed E-state index contributed by atoms with van der Waals surface area (Å²) in [4.78, 5) is 13.8. The van der Waals surface area contributed by atoms with Gasteiger partial charge in [0.1, 0.15) is 6.61 Å². The summed E-state index contributed by atoms with van der Waals surface area (Å²) in [5.74, 6) is 0.117. The van der Waals surface area contributed by atoms with Crippen LogP contribution in [0.5, 0.6) is 0 Å². The molecule has 1 unspecified atom stereocenters. The smallest absolute Gasteiger partial charge is 0.248 e. The fraction of sp³-hybridized carbons (Fsp3) is 0.889.